The molecule has 0 saturated heterocycles. The van der Waals surface area contributed by atoms with Gasteiger partial charge in [-0.1, -0.05) is 6.92 Å². The Morgan fingerprint density at radius 2 is 1.45 bits per heavy atom. The second kappa shape index (κ2) is 7.83. The maximum atomic E-state index is 12.3. The van der Waals surface area contributed by atoms with Gasteiger partial charge in [-0.3, -0.25) is 25.2 Å². The highest BCUT2D eigenvalue weighted by molar-refractivity contribution is 6.00. The van der Waals surface area contributed by atoms with Crippen molar-refractivity contribution in [1.29, 1.82) is 0 Å². The molecule has 0 bridgehead atoms. The van der Waals surface area contributed by atoms with Crippen molar-refractivity contribution in [3.8, 4) is 11.5 Å². The summed E-state index contributed by atoms with van der Waals surface area (Å²) >= 11 is 0. The minimum atomic E-state index is -0.474. The van der Waals surface area contributed by atoms with Gasteiger partial charge in [-0.2, -0.15) is 0 Å². The predicted molar refractivity (Wildman–Crippen MR) is 105 cm³/mol. The zero-order valence-electron chi connectivity index (χ0n) is 15.9. The summed E-state index contributed by atoms with van der Waals surface area (Å²) in [6.07, 6.45) is 0.912. The molecule has 29 heavy (non-hydrogen) atoms. The molecule has 0 aromatic heterocycles. The number of hydrazine groups is 1. The summed E-state index contributed by atoms with van der Waals surface area (Å²) in [5, 5.41) is 2.83. The van der Waals surface area contributed by atoms with Crippen molar-refractivity contribution in [2.45, 2.75) is 13.3 Å². The van der Waals surface area contributed by atoms with Gasteiger partial charge in [0.15, 0.2) is 11.5 Å². The van der Waals surface area contributed by atoms with Crippen LogP contribution in [0.25, 0.3) is 0 Å². The van der Waals surface area contributed by atoms with Crippen LogP contribution in [-0.4, -0.2) is 30.9 Å². The number of fused-ring (bicyclic) bond motifs is 1. The quantitative estimate of drug-likeness (QED) is 0.688. The molecule has 2 aromatic carbocycles. The monoisotopic (exact) mass is 395 g/mol. The standard InChI is InChI=1S/C21H21N3O5/c1-12-10-16(12)21(27)22-15-5-2-13(3-6-15)19(25)23-24-20(26)14-4-7-17-18(11-14)29-9-8-28-17/h2-7,11-12,16H,8-10H2,1H3,(H,22,27)(H,23,25)(H,24,26). The Labute approximate surface area is 167 Å². The van der Waals surface area contributed by atoms with Gasteiger partial charge in [-0.15, -0.1) is 0 Å². The van der Waals surface area contributed by atoms with Gasteiger partial charge < -0.3 is 14.8 Å². The van der Waals surface area contributed by atoms with Crippen LogP contribution >= 0.6 is 0 Å². The van der Waals surface area contributed by atoms with Gasteiger partial charge in [-0.05, 0) is 54.8 Å². The first-order chi connectivity index (χ1) is 14.0. The molecule has 1 heterocycles. The van der Waals surface area contributed by atoms with Crippen molar-refractivity contribution in [2.24, 2.45) is 11.8 Å². The van der Waals surface area contributed by atoms with Gasteiger partial charge in [0.2, 0.25) is 5.91 Å². The average Bonchev–Trinajstić information content (AvgIpc) is 3.48. The molecule has 1 saturated carbocycles. The fraction of sp³-hybridized carbons (Fsp3) is 0.286. The molecule has 0 spiro atoms. The van der Waals surface area contributed by atoms with Crippen molar-refractivity contribution in [1.82, 2.24) is 10.9 Å². The normalized spacial score (nSPS) is 19.1. The Morgan fingerprint density at radius 3 is 2.10 bits per heavy atom. The molecular weight excluding hydrogens is 374 g/mol. The Morgan fingerprint density at radius 1 is 0.862 bits per heavy atom. The van der Waals surface area contributed by atoms with Crippen LogP contribution in [0.2, 0.25) is 0 Å². The van der Waals surface area contributed by atoms with Crippen molar-refractivity contribution >= 4 is 23.4 Å². The van der Waals surface area contributed by atoms with Gasteiger partial charge in [0, 0.05) is 22.7 Å². The molecule has 2 unspecified atom stereocenters. The SMILES string of the molecule is CC1CC1C(=O)Nc1ccc(C(=O)NNC(=O)c2ccc3c(c2)OCCO3)cc1. The van der Waals surface area contributed by atoms with Crippen LogP contribution in [0, 0.1) is 11.8 Å². The molecule has 2 aliphatic rings. The summed E-state index contributed by atoms with van der Waals surface area (Å²) in [6.45, 7) is 2.93. The molecule has 1 aliphatic heterocycles. The lowest BCUT2D eigenvalue weighted by molar-refractivity contribution is -0.117. The maximum Gasteiger partial charge on any atom is 0.269 e. The van der Waals surface area contributed by atoms with Crippen molar-refractivity contribution < 1.29 is 23.9 Å². The zero-order chi connectivity index (χ0) is 20.4. The first-order valence-electron chi connectivity index (χ1n) is 9.42. The second-order valence-electron chi connectivity index (χ2n) is 7.15. The molecule has 1 fully saturated rings. The molecule has 8 nitrogen and oxygen atoms in total. The third kappa shape index (κ3) is 4.31. The fourth-order valence-electron chi connectivity index (χ4n) is 3.07. The van der Waals surface area contributed by atoms with E-state index in [2.05, 4.69) is 16.2 Å². The lowest BCUT2D eigenvalue weighted by atomic mass is 10.2. The number of hydrogen-bond acceptors (Lipinski definition) is 5. The molecule has 1 aliphatic carbocycles. The number of ether oxygens (including phenoxy) is 2. The number of amides is 3. The minimum Gasteiger partial charge on any atom is -0.486 e. The van der Waals surface area contributed by atoms with E-state index in [0.717, 1.165) is 6.42 Å². The van der Waals surface area contributed by atoms with E-state index in [-0.39, 0.29) is 11.8 Å². The van der Waals surface area contributed by atoms with Crippen molar-refractivity contribution in [2.75, 3.05) is 18.5 Å². The summed E-state index contributed by atoms with van der Waals surface area (Å²) in [5.74, 6) is 0.643. The van der Waals surface area contributed by atoms with E-state index in [0.29, 0.717) is 47.4 Å². The summed E-state index contributed by atoms with van der Waals surface area (Å²) in [5.41, 5.74) is 6.07. The highest BCUT2D eigenvalue weighted by Crippen LogP contribution is 2.38. The second-order valence-corrected chi connectivity index (χ2v) is 7.15. The molecule has 3 N–H and O–H groups in total. The first-order valence-corrected chi connectivity index (χ1v) is 9.42. The van der Waals surface area contributed by atoms with Gasteiger partial charge >= 0.3 is 0 Å². The Balaban J connectivity index is 1.31. The summed E-state index contributed by atoms with van der Waals surface area (Å²) in [6, 6.07) is 11.3. The first kappa shape index (κ1) is 18.8. The lowest BCUT2D eigenvalue weighted by Gasteiger charge is -2.18. The number of hydrogen-bond donors (Lipinski definition) is 3. The molecule has 8 heteroatoms. The molecule has 2 aromatic rings. The van der Waals surface area contributed by atoms with Crippen LogP contribution < -0.4 is 25.6 Å². The molecule has 3 amide bonds. The Kier molecular flexibility index (Phi) is 5.07. The van der Waals surface area contributed by atoms with Crippen molar-refractivity contribution in [3.63, 3.8) is 0 Å². The number of benzene rings is 2. The molecule has 0 radical (unpaired) electrons. The number of nitrogens with one attached hydrogen (secondary N) is 3. The lowest BCUT2D eigenvalue weighted by Crippen LogP contribution is -2.41. The number of carbonyl (C=O) groups excluding carboxylic acids is 3. The van der Waals surface area contributed by atoms with E-state index < -0.39 is 11.8 Å². The van der Waals surface area contributed by atoms with E-state index >= 15 is 0 Å². The Hall–Kier alpha value is -3.55. The van der Waals surface area contributed by atoms with Gasteiger partial charge in [-0.25, -0.2) is 0 Å². The third-order valence-corrected chi connectivity index (χ3v) is 4.95. The highest BCUT2D eigenvalue weighted by Gasteiger charge is 2.39. The highest BCUT2D eigenvalue weighted by atomic mass is 16.6. The summed E-state index contributed by atoms with van der Waals surface area (Å²) < 4.78 is 10.9. The van der Waals surface area contributed by atoms with E-state index in [1.54, 1.807) is 42.5 Å². The predicted octanol–water partition coefficient (Wildman–Crippen LogP) is 2.13. The van der Waals surface area contributed by atoms with E-state index in [1.165, 1.54) is 0 Å². The van der Waals surface area contributed by atoms with E-state index in [1.807, 2.05) is 6.92 Å². The van der Waals surface area contributed by atoms with Crippen molar-refractivity contribution in [3.05, 3.63) is 53.6 Å². The largest absolute Gasteiger partial charge is 0.486 e. The number of anilines is 1. The Bertz CT molecular complexity index is 957. The maximum absolute atomic E-state index is 12.3. The summed E-state index contributed by atoms with van der Waals surface area (Å²) in [7, 11) is 0. The summed E-state index contributed by atoms with van der Waals surface area (Å²) in [4.78, 5) is 36.5. The third-order valence-electron chi connectivity index (χ3n) is 4.95. The fourth-order valence-corrected chi connectivity index (χ4v) is 3.07. The van der Waals surface area contributed by atoms with Gasteiger partial charge in [0.25, 0.3) is 11.8 Å². The molecule has 4 rings (SSSR count). The van der Waals surface area contributed by atoms with Crippen LogP contribution in [0.1, 0.15) is 34.1 Å². The average molecular weight is 395 g/mol. The van der Waals surface area contributed by atoms with E-state index in [4.69, 9.17) is 9.47 Å². The van der Waals surface area contributed by atoms with Crippen LogP contribution in [-0.2, 0) is 4.79 Å². The van der Waals surface area contributed by atoms with Crippen LogP contribution in [0.15, 0.2) is 42.5 Å². The smallest absolute Gasteiger partial charge is 0.269 e. The molecular formula is C21H21N3O5. The van der Waals surface area contributed by atoms with Gasteiger partial charge in [0.05, 0.1) is 0 Å². The van der Waals surface area contributed by atoms with Crippen LogP contribution in [0.3, 0.4) is 0 Å². The van der Waals surface area contributed by atoms with E-state index in [9.17, 15) is 14.4 Å². The van der Waals surface area contributed by atoms with Crippen LogP contribution in [0.4, 0.5) is 5.69 Å². The zero-order valence-corrected chi connectivity index (χ0v) is 15.9. The molecule has 150 valence electrons. The van der Waals surface area contributed by atoms with Crippen LogP contribution in [0.5, 0.6) is 11.5 Å². The minimum absolute atomic E-state index is 0.00129. The number of carbonyl (C=O) groups is 3. The molecule has 2 atom stereocenters. The number of rotatable bonds is 4. The topological polar surface area (TPSA) is 106 Å². The van der Waals surface area contributed by atoms with Gasteiger partial charge in [0.1, 0.15) is 13.2 Å².